The third kappa shape index (κ3) is 4.12. The molecular formula is C13H26N2O. The molecule has 0 heterocycles. The molecular weight excluding hydrogens is 200 g/mol. The van der Waals surface area contributed by atoms with Gasteiger partial charge in [0.25, 0.3) is 0 Å². The number of amidine groups is 1. The monoisotopic (exact) mass is 226 g/mol. The molecule has 16 heavy (non-hydrogen) atoms. The molecule has 3 nitrogen and oxygen atoms in total. The lowest BCUT2D eigenvalue weighted by molar-refractivity contribution is 0.122. The maximum absolute atomic E-state index is 6.08. The zero-order chi connectivity index (χ0) is 12.0. The summed E-state index contributed by atoms with van der Waals surface area (Å²) in [6.07, 6.45) is 5.04. The Kier molecular flexibility index (Phi) is 5.81. The zero-order valence-electron chi connectivity index (χ0n) is 10.9. The largest absolute Gasteiger partial charge is 0.387 e. The van der Waals surface area contributed by atoms with Gasteiger partial charge in [0.05, 0.1) is 18.5 Å². The Morgan fingerprint density at radius 3 is 2.50 bits per heavy atom. The van der Waals surface area contributed by atoms with Gasteiger partial charge in [0, 0.05) is 12.5 Å². The summed E-state index contributed by atoms with van der Waals surface area (Å²) in [5.74, 6) is 1.88. The minimum atomic E-state index is 0.223. The minimum absolute atomic E-state index is 0.223. The maximum atomic E-state index is 6.08. The summed E-state index contributed by atoms with van der Waals surface area (Å²) >= 11 is 0. The molecule has 1 rings (SSSR count). The molecule has 2 N–H and O–H groups in total. The summed E-state index contributed by atoms with van der Waals surface area (Å²) in [6, 6.07) is 0.223. The van der Waals surface area contributed by atoms with E-state index in [0.717, 1.165) is 12.4 Å². The van der Waals surface area contributed by atoms with Crippen LogP contribution in [0.2, 0.25) is 0 Å². The highest BCUT2D eigenvalue weighted by Crippen LogP contribution is 2.25. The Labute approximate surface area is 99.5 Å². The number of ether oxygens (including phenoxy) is 1. The summed E-state index contributed by atoms with van der Waals surface area (Å²) in [6.45, 7) is 7.81. The molecule has 1 aliphatic rings. The van der Waals surface area contributed by atoms with Gasteiger partial charge in [0.1, 0.15) is 0 Å². The van der Waals surface area contributed by atoms with Gasteiger partial charge < -0.3 is 10.5 Å². The highest BCUT2D eigenvalue weighted by Gasteiger charge is 2.20. The molecule has 1 saturated carbocycles. The van der Waals surface area contributed by atoms with Gasteiger partial charge >= 0.3 is 0 Å². The molecule has 0 aliphatic heterocycles. The molecule has 0 saturated heterocycles. The molecule has 0 amide bonds. The molecule has 0 radical (unpaired) electrons. The number of rotatable bonds is 6. The van der Waals surface area contributed by atoms with Crippen LogP contribution in [0.5, 0.6) is 0 Å². The van der Waals surface area contributed by atoms with E-state index < -0.39 is 0 Å². The fourth-order valence-corrected chi connectivity index (χ4v) is 2.14. The van der Waals surface area contributed by atoms with E-state index >= 15 is 0 Å². The van der Waals surface area contributed by atoms with Crippen molar-refractivity contribution in [3.05, 3.63) is 0 Å². The van der Waals surface area contributed by atoms with E-state index in [1.807, 2.05) is 6.92 Å². The van der Waals surface area contributed by atoms with Crippen molar-refractivity contribution in [1.82, 2.24) is 0 Å². The van der Waals surface area contributed by atoms with E-state index in [0.29, 0.717) is 18.4 Å². The molecule has 1 atom stereocenters. The average molecular weight is 226 g/mol. The summed E-state index contributed by atoms with van der Waals surface area (Å²) in [5, 5.41) is 0. The van der Waals surface area contributed by atoms with Crippen LogP contribution in [-0.4, -0.2) is 25.1 Å². The molecule has 94 valence electrons. The van der Waals surface area contributed by atoms with Gasteiger partial charge in [-0.05, 0) is 25.7 Å². The van der Waals surface area contributed by atoms with E-state index in [-0.39, 0.29) is 6.04 Å². The Balaban J connectivity index is 2.52. The van der Waals surface area contributed by atoms with Gasteiger partial charge in [-0.3, -0.25) is 4.99 Å². The first-order valence-corrected chi connectivity index (χ1v) is 6.56. The third-order valence-corrected chi connectivity index (χ3v) is 3.35. The summed E-state index contributed by atoms with van der Waals surface area (Å²) in [7, 11) is 0. The van der Waals surface area contributed by atoms with Gasteiger partial charge in [-0.25, -0.2) is 0 Å². The van der Waals surface area contributed by atoms with Crippen LogP contribution in [0.25, 0.3) is 0 Å². The van der Waals surface area contributed by atoms with Crippen LogP contribution in [0.15, 0.2) is 4.99 Å². The standard InChI is InChI=1S/C13H26N2O/c1-4-16-9-12(10(2)3)15-13(14)11-7-5-6-8-11/h10-12H,4-9H2,1-3H3,(H2,14,15). The van der Waals surface area contributed by atoms with Crippen LogP contribution in [0.1, 0.15) is 46.5 Å². The lowest BCUT2D eigenvalue weighted by Crippen LogP contribution is -2.28. The van der Waals surface area contributed by atoms with Crippen molar-refractivity contribution in [2.24, 2.45) is 22.6 Å². The van der Waals surface area contributed by atoms with Crippen LogP contribution in [0, 0.1) is 11.8 Å². The second kappa shape index (κ2) is 6.89. The lowest BCUT2D eigenvalue weighted by Gasteiger charge is -2.19. The summed E-state index contributed by atoms with van der Waals surface area (Å²) in [5.41, 5.74) is 6.08. The van der Waals surface area contributed by atoms with E-state index in [9.17, 15) is 0 Å². The van der Waals surface area contributed by atoms with E-state index in [4.69, 9.17) is 10.5 Å². The molecule has 0 aromatic rings. The zero-order valence-corrected chi connectivity index (χ0v) is 10.9. The van der Waals surface area contributed by atoms with Gasteiger partial charge in [-0.2, -0.15) is 0 Å². The minimum Gasteiger partial charge on any atom is -0.387 e. The Morgan fingerprint density at radius 2 is 2.00 bits per heavy atom. The van der Waals surface area contributed by atoms with Gasteiger partial charge in [0.15, 0.2) is 0 Å². The topological polar surface area (TPSA) is 47.6 Å². The first kappa shape index (κ1) is 13.5. The van der Waals surface area contributed by atoms with E-state index in [1.54, 1.807) is 0 Å². The molecule has 1 unspecified atom stereocenters. The van der Waals surface area contributed by atoms with Crippen molar-refractivity contribution >= 4 is 5.84 Å². The highest BCUT2D eigenvalue weighted by molar-refractivity contribution is 5.83. The SMILES string of the molecule is CCOCC(N=C(N)C1CCCC1)C(C)C. The predicted octanol–water partition coefficient (Wildman–Crippen LogP) is 2.59. The first-order chi connectivity index (χ1) is 7.65. The van der Waals surface area contributed by atoms with Gasteiger partial charge in [0.2, 0.25) is 0 Å². The van der Waals surface area contributed by atoms with Crippen LogP contribution in [0.3, 0.4) is 0 Å². The smallest absolute Gasteiger partial charge is 0.0973 e. The Morgan fingerprint density at radius 1 is 1.38 bits per heavy atom. The van der Waals surface area contributed by atoms with Crippen LogP contribution >= 0.6 is 0 Å². The number of nitrogens with zero attached hydrogens (tertiary/aromatic N) is 1. The number of aliphatic imine (C=N–C) groups is 1. The first-order valence-electron chi connectivity index (χ1n) is 6.56. The summed E-state index contributed by atoms with van der Waals surface area (Å²) in [4.78, 5) is 4.66. The molecule has 1 aliphatic carbocycles. The third-order valence-electron chi connectivity index (χ3n) is 3.35. The average Bonchev–Trinajstić information content (AvgIpc) is 2.76. The van der Waals surface area contributed by atoms with Crippen molar-refractivity contribution in [3.8, 4) is 0 Å². The van der Waals surface area contributed by atoms with Crippen molar-refractivity contribution in [1.29, 1.82) is 0 Å². The Hall–Kier alpha value is -0.570. The van der Waals surface area contributed by atoms with E-state index in [2.05, 4.69) is 18.8 Å². The fraction of sp³-hybridized carbons (Fsp3) is 0.923. The highest BCUT2D eigenvalue weighted by atomic mass is 16.5. The Bertz CT molecular complexity index is 220. The summed E-state index contributed by atoms with van der Waals surface area (Å²) < 4.78 is 5.46. The van der Waals surface area contributed by atoms with Crippen molar-refractivity contribution in [3.63, 3.8) is 0 Å². The van der Waals surface area contributed by atoms with Gasteiger partial charge in [-0.1, -0.05) is 26.7 Å². The molecule has 0 aromatic heterocycles. The molecule has 3 heteroatoms. The second-order valence-electron chi connectivity index (χ2n) is 5.01. The van der Waals surface area contributed by atoms with Crippen LogP contribution in [-0.2, 0) is 4.74 Å². The number of hydrogen-bond donors (Lipinski definition) is 1. The molecule has 0 spiro atoms. The van der Waals surface area contributed by atoms with Crippen molar-refractivity contribution in [2.75, 3.05) is 13.2 Å². The predicted molar refractivity (Wildman–Crippen MR) is 68.7 cm³/mol. The number of hydrogen-bond acceptors (Lipinski definition) is 2. The van der Waals surface area contributed by atoms with E-state index in [1.165, 1.54) is 25.7 Å². The van der Waals surface area contributed by atoms with Crippen molar-refractivity contribution in [2.45, 2.75) is 52.5 Å². The van der Waals surface area contributed by atoms with Crippen molar-refractivity contribution < 1.29 is 4.74 Å². The lowest BCUT2D eigenvalue weighted by atomic mass is 10.0. The van der Waals surface area contributed by atoms with Crippen LogP contribution < -0.4 is 5.73 Å². The number of nitrogens with two attached hydrogens (primary N) is 1. The second-order valence-corrected chi connectivity index (χ2v) is 5.01. The molecule has 0 bridgehead atoms. The van der Waals surface area contributed by atoms with Gasteiger partial charge in [-0.15, -0.1) is 0 Å². The molecule has 0 aromatic carbocycles. The normalized spacial score (nSPS) is 20.6. The molecule has 1 fully saturated rings. The fourth-order valence-electron chi connectivity index (χ4n) is 2.14. The quantitative estimate of drug-likeness (QED) is 0.559. The maximum Gasteiger partial charge on any atom is 0.0973 e. The van der Waals surface area contributed by atoms with Crippen LogP contribution in [0.4, 0.5) is 0 Å².